The molecular weight excluding hydrogens is 364 g/mol. The molecule has 1 N–H and O–H groups in total. The molecule has 1 fully saturated rings. The molecule has 0 radical (unpaired) electrons. The summed E-state index contributed by atoms with van der Waals surface area (Å²) in [6.07, 6.45) is 1.68. The van der Waals surface area contributed by atoms with Gasteiger partial charge in [-0.2, -0.15) is 0 Å². The molecular formula is C16H18N2O5S2. The minimum atomic E-state index is -3.71. The van der Waals surface area contributed by atoms with E-state index in [1.165, 1.54) is 35.6 Å². The van der Waals surface area contributed by atoms with Crippen molar-refractivity contribution in [2.75, 3.05) is 13.2 Å². The molecule has 0 bridgehead atoms. The van der Waals surface area contributed by atoms with Crippen LogP contribution in [0.25, 0.3) is 0 Å². The first-order valence-corrected chi connectivity index (χ1v) is 10.2. The van der Waals surface area contributed by atoms with Gasteiger partial charge in [0, 0.05) is 18.5 Å². The molecule has 1 aromatic carbocycles. The molecule has 0 saturated carbocycles. The van der Waals surface area contributed by atoms with Gasteiger partial charge in [0.15, 0.2) is 0 Å². The molecule has 0 spiro atoms. The lowest BCUT2D eigenvalue weighted by Gasteiger charge is -2.12. The largest absolute Gasteiger partial charge is 0.456 e. The zero-order chi connectivity index (χ0) is 17.7. The topological polar surface area (TPSA) is 94.6 Å². The van der Waals surface area contributed by atoms with Crippen LogP contribution in [0.5, 0.6) is 0 Å². The number of benzene rings is 1. The van der Waals surface area contributed by atoms with E-state index < -0.39 is 16.0 Å². The highest BCUT2D eigenvalue weighted by atomic mass is 32.2. The number of sulfonamides is 1. The van der Waals surface area contributed by atoms with Crippen LogP contribution in [0.4, 0.5) is 0 Å². The van der Waals surface area contributed by atoms with Gasteiger partial charge in [0.1, 0.15) is 6.61 Å². The van der Waals surface area contributed by atoms with Crippen molar-refractivity contribution in [3.05, 3.63) is 46.4 Å². The highest BCUT2D eigenvalue weighted by molar-refractivity contribution is 7.89. The molecule has 1 atom stereocenters. The van der Waals surface area contributed by atoms with Gasteiger partial charge in [0.05, 0.1) is 27.8 Å². The zero-order valence-corrected chi connectivity index (χ0v) is 15.0. The fourth-order valence-electron chi connectivity index (χ4n) is 2.41. The molecule has 7 nitrogen and oxygen atoms in total. The third-order valence-corrected chi connectivity index (χ3v) is 5.80. The summed E-state index contributed by atoms with van der Waals surface area (Å²) in [6, 6.07) is 5.78. The van der Waals surface area contributed by atoms with E-state index in [1.807, 2.05) is 0 Å². The maximum Gasteiger partial charge on any atom is 0.338 e. The fourth-order valence-corrected chi connectivity index (χ4v) is 4.07. The predicted octanol–water partition coefficient (Wildman–Crippen LogP) is 1.96. The molecule has 0 amide bonds. The molecule has 3 rings (SSSR count). The summed E-state index contributed by atoms with van der Waals surface area (Å²) in [5.74, 6) is -0.593. The molecule has 0 aliphatic carbocycles. The SMILES string of the molecule is O=C(OCc1cscn1)c1cccc(S(=O)(=O)NCC2CCCO2)c1. The molecule has 25 heavy (non-hydrogen) atoms. The number of nitrogens with one attached hydrogen (secondary N) is 1. The number of thiazole rings is 1. The van der Waals surface area contributed by atoms with Gasteiger partial charge < -0.3 is 9.47 Å². The van der Waals surface area contributed by atoms with Crippen LogP contribution < -0.4 is 4.72 Å². The van der Waals surface area contributed by atoms with Crippen LogP contribution >= 0.6 is 11.3 Å². The number of carbonyl (C=O) groups excluding carboxylic acids is 1. The molecule has 1 aliphatic heterocycles. The van der Waals surface area contributed by atoms with Gasteiger partial charge in [-0.15, -0.1) is 11.3 Å². The highest BCUT2D eigenvalue weighted by Gasteiger charge is 2.21. The molecule has 134 valence electrons. The van der Waals surface area contributed by atoms with Crippen LogP contribution in [0.2, 0.25) is 0 Å². The first kappa shape index (κ1) is 18.0. The Morgan fingerprint density at radius 2 is 2.32 bits per heavy atom. The van der Waals surface area contributed by atoms with Crippen LogP contribution in [0.15, 0.2) is 40.1 Å². The maximum atomic E-state index is 12.4. The van der Waals surface area contributed by atoms with E-state index in [-0.39, 0.29) is 29.7 Å². The standard InChI is InChI=1S/C16H18N2O5S2/c19-16(23-9-13-10-24-11-17-13)12-3-1-5-15(7-12)25(20,21)18-8-14-4-2-6-22-14/h1,3,5,7,10-11,14,18H,2,4,6,8-9H2. The van der Waals surface area contributed by atoms with E-state index in [0.717, 1.165) is 12.8 Å². The van der Waals surface area contributed by atoms with Gasteiger partial charge in [-0.25, -0.2) is 22.9 Å². The average Bonchev–Trinajstić information content (AvgIpc) is 3.31. The lowest BCUT2D eigenvalue weighted by Crippen LogP contribution is -2.31. The second-order valence-corrected chi connectivity index (χ2v) is 8.06. The van der Waals surface area contributed by atoms with Gasteiger partial charge in [0.25, 0.3) is 0 Å². The van der Waals surface area contributed by atoms with Crippen LogP contribution in [-0.4, -0.2) is 38.6 Å². The van der Waals surface area contributed by atoms with Gasteiger partial charge in [0.2, 0.25) is 10.0 Å². The first-order valence-electron chi connectivity index (χ1n) is 7.80. The van der Waals surface area contributed by atoms with Gasteiger partial charge in [-0.05, 0) is 31.0 Å². The quantitative estimate of drug-likeness (QED) is 0.736. The number of ether oxygens (including phenoxy) is 2. The summed E-state index contributed by atoms with van der Waals surface area (Å²) in [7, 11) is -3.71. The van der Waals surface area contributed by atoms with Gasteiger partial charge in [-0.1, -0.05) is 6.07 Å². The maximum absolute atomic E-state index is 12.4. The Morgan fingerprint density at radius 3 is 3.04 bits per heavy atom. The zero-order valence-electron chi connectivity index (χ0n) is 13.4. The van der Waals surface area contributed by atoms with E-state index in [9.17, 15) is 13.2 Å². The van der Waals surface area contributed by atoms with Crippen molar-refractivity contribution < 1.29 is 22.7 Å². The third-order valence-electron chi connectivity index (χ3n) is 3.74. The molecule has 2 aromatic rings. The Labute approximate surface area is 150 Å². The van der Waals surface area contributed by atoms with Crippen molar-refractivity contribution >= 4 is 27.3 Å². The van der Waals surface area contributed by atoms with E-state index in [0.29, 0.717) is 12.3 Å². The van der Waals surface area contributed by atoms with Crippen molar-refractivity contribution in [2.45, 2.75) is 30.4 Å². The molecule has 1 unspecified atom stereocenters. The summed E-state index contributed by atoms with van der Waals surface area (Å²) < 4.78 is 37.8. The number of esters is 1. The van der Waals surface area contributed by atoms with E-state index in [4.69, 9.17) is 9.47 Å². The Balaban J connectivity index is 1.64. The number of hydrogen-bond donors (Lipinski definition) is 1. The Morgan fingerprint density at radius 1 is 1.44 bits per heavy atom. The Bertz CT molecular complexity index is 815. The van der Waals surface area contributed by atoms with E-state index in [1.54, 1.807) is 10.9 Å². The van der Waals surface area contributed by atoms with Crippen LogP contribution in [0.1, 0.15) is 28.9 Å². The van der Waals surface area contributed by atoms with Crippen LogP contribution in [0, 0.1) is 0 Å². The fraction of sp³-hybridized carbons (Fsp3) is 0.375. The first-order chi connectivity index (χ1) is 12.0. The van der Waals surface area contributed by atoms with Crippen molar-refractivity contribution in [1.82, 2.24) is 9.71 Å². The molecule has 2 heterocycles. The lowest BCUT2D eigenvalue weighted by atomic mass is 10.2. The summed E-state index contributed by atoms with van der Waals surface area (Å²) in [5, 5.41) is 1.78. The third kappa shape index (κ3) is 4.85. The summed E-state index contributed by atoms with van der Waals surface area (Å²) in [6.45, 7) is 0.935. The number of rotatable bonds is 7. The minimum Gasteiger partial charge on any atom is -0.456 e. The van der Waals surface area contributed by atoms with Gasteiger partial charge in [-0.3, -0.25) is 0 Å². The number of hydrogen-bond acceptors (Lipinski definition) is 7. The number of nitrogens with zero attached hydrogens (tertiary/aromatic N) is 1. The Hall–Kier alpha value is -1.81. The van der Waals surface area contributed by atoms with Crippen LogP contribution in [0.3, 0.4) is 0 Å². The monoisotopic (exact) mass is 382 g/mol. The minimum absolute atomic E-state index is 0.0219. The van der Waals surface area contributed by atoms with Crippen LogP contribution in [-0.2, 0) is 26.1 Å². The number of aromatic nitrogens is 1. The van der Waals surface area contributed by atoms with Crippen molar-refractivity contribution in [1.29, 1.82) is 0 Å². The highest BCUT2D eigenvalue weighted by Crippen LogP contribution is 2.15. The second kappa shape index (κ2) is 8.05. The summed E-state index contributed by atoms with van der Waals surface area (Å²) in [4.78, 5) is 16.2. The number of carbonyl (C=O) groups is 1. The predicted molar refractivity (Wildman–Crippen MR) is 91.8 cm³/mol. The molecule has 1 saturated heterocycles. The van der Waals surface area contributed by atoms with E-state index in [2.05, 4.69) is 9.71 Å². The lowest BCUT2D eigenvalue weighted by molar-refractivity contribution is 0.0468. The van der Waals surface area contributed by atoms with Crippen molar-refractivity contribution in [2.24, 2.45) is 0 Å². The average molecular weight is 382 g/mol. The van der Waals surface area contributed by atoms with E-state index >= 15 is 0 Å². The summed E-state index contributed by atoms with van der Waals surface area (Å²) in [5.41, 5.74) is 2.48. The van der Waals surface area contributed by atoms with Crippen molar-refractivity contribution in [3.8, 4) is 0 Å². The molecule has 1 aliphatic rings. The van der Waals surface area contributed by atoms with Crippen molar-refractivity contribution in [3.63, 3.8) is 0 Å². The normalized spacial score (nSPS) is 17.5. The molecule has 9 heteroatoms. The summed E-state index contributed by atoms with van der Waals surface area (Å²) >= 11 is 1.41. The molecule has 1 aromatic heterocycles. The second-order valence-electron chi connectivity index (χ2n) is 5.57. The smallest absolute Gasteiger partial charge is 0.338 e. The van der Waals surface area contributed by atoms with Gasteiger partial charge >= 0.3 is 5.97 Å². The Kier molecular flexibility index (Phi) is 5.79.